The van der Waals surface area contributed by atoms with Crippen LogP contribution in [0.15, 0.2) is 174 Å². The van der Waals surface area contributed by atoms with E-state index in [9.17, 15) is 0 Å². The van der Waals surface area contributed by atoms with Crippen LogP contribution in [0.3, 0.4) is 0 Å². The Morgan fingerprint density at radius 3 is 1.90 bits per heavy atom. The van der Waals surface area contributed by atoms with Crippen LogP contribution in [-0.2, 0) is 5.41 Å². The summed E-state index contributed by atoms with van der Waals surface area (Å²) in [6.45, 7) is 0. The third kappa shape index (κ3) is 4.28. The van der Waals surface area contributed by atoms with Gasteiger partial charge in [0.15, 0.2) is 0 Å². The van der Waals surface area contributed by atoms with E-state index in [1.54, 1.807) is 0 Å². The van der Waals surface area contributed by atoms with E-state index in [1.807, 2.05) is 6.07 Å². The number of benzene rings is 6. The van der Waals surface area contributed by atoms with Crippen LogP contribution in [0.1, 0.15) is 51.3 Å². The van der Waals surface area contributed by atoms with Gasteiger partial charge in [-0.2, -0.15) is 0 Å². The monoisotopic (exact) mass is 632 g/mol. The average Bonchev–Trinajstić information content (AvgIpc) is 3.78. The molecule has 1 spiro atoms. The zero-order valence-corrected chi connectivity index (χ0v) is 26.6. The maximum atomic E-state index is 6.73. The molecule has 3 aliphatic rings. The highest BCUT2D eigenvalue weighted by Crippen LogP contribution is 2.62. The van der Waals surface area contributed by atoms with Gasteiger partial charge in [-0.05, 0) is 63.7 Å². The first kappa shape index (κ1) is 28.0. The van der Waals surface area contributed by atoms with Crippen molar-refractivity contribution >= 4 is 5.70 Å². The van der Waals surface area contributed by atoms with Gasteiger partial charge in [-0.3, -0.25) is 5.32 Å². The molecule has 2 aliphatic heterocycles. The van der Waals surface area contributed by atoms with Crippen LogP contribution in [-0.4, -0.2) is 0 Å². The number of hydrogen-bond acceptors (Lipinski definition) is 4. The maximum Gasteiger partial charge on any atom is 0.141 e. The average molecular weight is 633 g/mol. The summed E-state index contributed by atoms with van der Waals surface area (Å²) in [6.07, 6.45) is 2.02. The van der Waals surface area contributed by atoms with Gasteiger partial charge in [0.25, 0.3) is 0 Å². The highest BCUT2D eigenvalue weighted by molar-refractivity contribution is 5.88. The fourth-order valence-corrected chi connectivity index (χ4v) is 8.12. The molecule has 2 unspecified atom stereocenters. The molecule has 4 nitrogen and oxygen atoms in total. The van der Waals surface area contributed by atoms with Crippen LogP contribution in [0, 0.1) is 0 Å². The van der Waals surface area contributed by atoms with Crippen LogP contribution in [0.2, 0.25) is 0 Å². The molecule has 6 aromatic carbocycles. The third-order valence-corrected chi connectivity index (χ3v) is 10.3. The lowest BCUT2D eigenvalue weighted by Gasteiger charge is -2.39. The van der Waals surface area contributed by atoms with Gasteiger partial charge in [0, 0.05) is 22.4 Å². The molecule has 2 N–H and O–H groups in total. The van der Waals surface area contributed by atoms with Crippen molar-refractivity contribution in [1.29, 1.82) is 0 Å². The molecule has 0 bridgehead atoms. The van der Waals surface area contributed by atoms with Crippen molar-refractivity contribution in [2.75, 3.05) is 0 Å². The van der Waals surface area contributed by atoms with Gasteiger partial charge in [-0.25, -0.2) is 0 Å². The summed E-state index contributed by atoms with van der Waals surface area (Å²) in [7, 11) is 0. The van der Waals surface area contributed by atoms with Gasteiger partial charge in [0.05, 0.1) is 11.5 Å². The van der Waals surface area contributed by atoms with Gasteiger partial charge < -0.3 is 14.5 Å². The molecular weight excluding hydrogens is 601 g/mol. The molecule has 4 heteroatoms. The number of ether oxygens (including phenoxy) is 1. The minimum absolute atomic E-state index is 0.0155. The lowest BCUT2D eigenvalue weighted by atomic mass is 9.66. The molecule has 7 aromatic rings. The van der Waals surface area contributed by atoms with Crippen LogP contribution >= 0.6 is 0 Å². The molecule has 1 aliphatic carbocycles. The van der Waals surface area contributed by atoms with Crippen molar-refractivity contribution in [2.24, 2.45) is 0 Å². The Morgan fingerprint density at radius 2 is 1.14 bits per heavy atom. The standard InChI is InChI=1S/C45H32N2O2/c1-3-13-29(14-4-1)38-28-39(30-15-5-2-6-16-30)47-44(46-38)42-26-25-40(48-42)31-23-24-37-43(27-31)49-41-22-12-11-21-36(41)45(37)34-19-9-7-17-32(34)33-18-8-10-20-35(33)45/h1-28,38,44,46-47H. The highest BCUT2D eigenvalue weighted by Gasteiger charge is 2.50. The Hall–Kier alpha value is -6.10. The molecule has 0 amide bonds. The zero-order chi connectivity index (χ0) is 32.4. The van der Waals surface area contributed by atoms with E-state index in [2.05, 4.69) is 174 Å². The van der Waals surface area contributed by atoms with Crippen molar-refractivity contribution in [1.82, 2.24) is 10.6 Å². The lowest BCUT2D eigenvalue weighted by molar-refractivity contribution is 0.367. The molecule has 1 aromatic heterocycles. The molecule has 10 rings (SSSR count). The van der Waals surface area contributed by atoms with E-state index in [4.69, 9.17) is 9.15 Å². The van der Waals surface area contributed by atoms with Gasteiger partial charge in [-0.15, -0.1) is 0 Å². The van der Waals surface area contributed by atoms with E-state index in [-0.39, 0.29) is 12.2 Å². The third-order valence-electron chi connectivity index (χ3n) is 10.3. The normalized spacial score (nSPS) is 17.9. The first-order valence-corrected chi connectivity index (χ1v) is 16.8. The molecule has 0 saturated heterocycles. The van der Waals surface area contributed by atoms with Crippen LogP contribution in [0.25, 0.3) is 28.1 Å². The number of rotatable bonds is 4. The summed E-state index contributed by atoms with van der Waals surface area (Å²) in [5.74, 6) is 3.32. The largest absolute Gasteiger partial charge is 0.457 e. The Kier molecular flexibility index (Phi) is 6.27. The molecule has 234 valence electrons. The van der Waals surface area contributed by atoms with E-state index >= 15 is 0 Å². The minimum atomic E-state index is -0.479. The number of fused-ring (bicyclic) bond motifs is 9. The van der Waals surface area contributed by atoms with E-state index in [0.717, 1.165) is 51.0 Å². The molecular formula is C45H32N2O2. The first-order chi connectivity index (χ1) is 24.3. The number of nitrogens with one attached hydrogen (secondary N) is 2. The van der Waals surface area contributed by atoms with Crippen LogP contribution < -0.4 is 15.4 Å². The minimum Gasteiger partial charge on any atom is -0.457 e. The van der Waals surface area contributed by atoms with E-state index in [1.165, 1.54) is 27.8 Å². The second-order valence-electron chi connectivity index (χ2n) is 12.9. The number of para-hydroxylation sites is 1. The summed E-state index contributed by atoms with van der Waals surface area (Å²) in [6, 6.07) is 57.8. The summed E-state index contributed by atoms with van der Waals surface area (Å²) in [4.78, 5) is 0. The lowest BCUT2D eigenvalue weighted by Crippen LogP contribution is -2.39. The molecule has 49 heavy (non-hydrogen) atoms. The Labute approximate surface area is 285 Å². The second-order valence-corrected chi connectivity index (χ2v) is 12.9. The predicted octanol–water partition coefficient (Wildman–Crippen LogP) is 10.4. The van der Waals surface area contributed by atoms with Gasteiger partial charge in [0.1, 0.15) is 29.2 Å². The summed E-state index contributed by atoms with van der Waals surface area (Å²) in [5, 5.41) is 7.45. The van der Waals surface area contributed by atoms with E-state index < -0.39 is 5.41 Å². The van der Waals surface area contributed by atoms with Gasteiger partial charge in [-0.1, -0.05) is 140 Å². The topological polar surface area (TPSA) is 46.4 Å². The van der Waals surface area contributed by atoms with Crippen molar-refractivity contribution in [3.8, 4) is 33.9 Å². The molecule has 3 heterocycles. The van der Waals surface area contributed by atoms with Crippen molar-refractivity contribution in [3.63, 3.8) is 0 Å². The molecule has 0 saturated carbocycles. The Morgan fingerprint density at radius 1 is 0.510 bits per heavy atom. The van der Waals surface area contributed by atoms with Gasteiger partial charge >= 0.3 is 0 Å². The van der Waals surface area contributed by atoms with Crippen molar-refractivity contribution in [3.05, 3.63) is 209 Å². The maximum absolute atomic E-state index is 6.73. The fraction of sp³-hybridized carbons (Fsp3) is 0.0667. The molecule has 2 atom stereocenters. The summed E-state index contributed by atoms with van der Waals surface area (Å²) < 4.78 is 13.4. The van der Waals surface area contributed by atoms with E-state index in [0.29, 0.717) is 0 Å². The van der Waals surface area contributed by atoms with Crippen LogP contribution in [0.5, 0.6) is 11.5 Å². The second kappa shape index (κ2) is 11.0. The zero-order valence-electron chi connectivity index (χ0n) is 26.6. The van der Waals surface area contributed by atoms with Crippen LogP contribution in [0.4, 0.5) is 0 Å². The SMILES string of the molecule is C1=C(c2ccccc2)NC(c2ccc(-c3ccc4c(c3)Oc3ccccc3C43c4ccccc4-c4ccccc43)o2)NC1c1ccccc1. The van der Waals surface area contributed by atoms with Crippen molar-refractivity contribution in [2.45, 2.75) is 17.6 Å². The fourth-order valence-electron chi connectivity index (χ4n) is 8.12. The highest BCUT2D eigenvalue weighted by atomic mass is 16.5. The van der Waals surface area contributed by atoms with Crippen molar-refractivity contribution < 1.29 is 9.15 Å². The summed E-state index contributed by atoms with van der Waals surface area (Å²) in [5.41, 5.74) is 11.3. The number of hydrogen-bond donors (Lipinski definition) is 2. The molecule has 0 fully saturated rings. The molecule has 0 radical (unpaired) electrons. The Balaban J connectivity index is 1.05. The van der Waals surface area contributed by atoms with Gasteiger partial charge in [0.2, 0.25) is 0 Å². The Bertz CT molecular complexity index is 2350. The quantitative estimate of drug-likeness (QED) is 0.203. The smallest absolute Gasteiger partial charge is 0.141 e. The predicted molar refractivity (Wildman–Crippen MR) is 194 cm³/mol. The number of furan rings is 1. The first-order valence-electron chi connectivity index (χ1n) is 16.8. The summed E-state index contributed by atoms with van der Waals surface area (Å²) >= 11 is 0.